The van der Waals surface area contributed by atoms with Gasteiger partial charge in [0.2, 0.25) is 0 Å². The normalized spacial score (nSPS) is 11.6. The lowest BCUT2D eigenvalue weighted by atomic mass is 9.82. The van der Waals surface area contributed by atoms with E-state index in [1.165, 1.54) is 0 Å². The number of methoxy groups -OCH3 is 1. The number of hydrogen-bond donors (Lipinski definition) is 0. The predicted molar refractivity (Wildman–Crippen MR) is 45.7 cm³/mol. The van der Waals surface area contributed by atoms with Crippen LogP contribution in [0.4, 0.5) is 21.7 Å². The van der Waals surface area contributed by atoms with Crippen molar-refractivity contribution in [3.05, 3.63) is 29.3 Å². The van der Waals surface area contributed by atoms with E-state index < -0.39 is 36.2 Å². The lowest BCUT2D eigenvalue weighted by molar-refractivity contribution is 0.359. The van der Waals surface area contributed by atoms with Crippen LogP contribution in [0, 0.1) is 11.6 Å². The number of rotatable bonds is 3. The van der Waals surface area contributed by atoms with Crippen LogP contribution >= 0.6 is 0 Å². The van der Waals surface area contributed by atoms with E-state index in [-0.39, 0.29) is 0 Å². The molecule has 1 rings (SSSR count). The Morgan fingerprint density at radius 1 is 1.13 bits per heavy atom. The van der Waals surface area contributed by atoms with Crippen LogP contribution in [0.5, 0.6) is 5.75 Å². The van der Waals surface area contributed by atoms with Crippen LogP contribution in [0.3, 0.4) is 0 Å². The zero-order chi connectivity index (χ0) is 11.6. The Labute approximate surface area is 82.9 Å². The second kappa shape index (κ2) is 4.08. The molecule has 1 nitrogen and oxygen atoms in total. The molecule has 0 unspecified atom stereocenters. The predicted octanol–water partition coefficient (Wildman–Crippen LogP) is 2.90. The van der Waals surface area contributed by atoms with E-state index in [9.17, 15) is 21.7 Å². The molecule has 1 aromatic carbocycles. The summed E-state index contributed by atoms with van der Waals surface area (Å²) in [6, 6.07) is 1.24. The summed E-state index contributed by atoms with van der Waals surface area (Å²) in [6.45, 7) is -5.10. The Morgan fingerprint density at radius 2 is 1.60 bits per heavy atom. The van der Waals surface area contributed by atoms with Crippen molar-refractivity contribution >= 4 is 6.98 Å². The lowest BCUT2D eigenvalue weighted by Gasteiger charge is -2.14. The largest absolute Gasteiger partial charge is 0.491 e. The van der Waals surface area contributed by atoms with E-state index in [1.54, 1.807) is 0 Å². The Balaban J connectivity index is 3.04. The Kier molecular flexibility index (Phi) is 3.21. The standard InChI is InChI=1S/C8H7BF5O/c1-15-8-6(10)2-5(3-7(8)11)4-9(12,13)14/h2-3H,4H2,1H3/q-1. The molecule has 0 radical (unpaired) electrons. The minimum Gasteiger partial charge on any atom is -0.491 e. The fourth-order valence-electron chi connectivity index (χ4n) is 1.19. The van der Waals surface area contributed by atoms with Gasteiger partial charge in [0.15, 0.2) is 17.4 Å². The van der Waals surface area contributed by atoms with Crippen LogP contribution in [0.2, 0.25) is 0 Å². The quantitative estimate of drug-likeness (QED) is 0.567. The first-order valence-corrected chi connectivity index (χ1v) is 4.06. The molecule has 7 heteroatoms. The van der Waals surface area contributed by atoms with Crippen molar-refractivity contribution in [2.75, 3.05) is 7.11 Å². The van der Waals surface area contributed by atoms with Crippen LogP contribution < -0.4 is 4.74 Å². The van der Waals surface area contributed by atoms with Crippen molar-refractivity contribution in [1.29, 1.82) is 0 Å². The molecule has 0 spiro atoms. The first-order chi connectivity index (χ1) is 6.83. The molecule has 0 aliphatic rings. The fourth-order valence-corrected chi connectivity index (χ4v) is 1.19. The molecule has 0 amide bonds. The van der Waals surface area contributed by atoms with Gasteiger partial charge in [-0.15, -0.1) is 0 Å². The Morgan fingerprint density at radius 3 is 1.93 bits per heavy atom. The Bertz CT molecular complexity index is 340. The SMILES string of the molecule is COc1c(F)cc(C[B-](F)(F)F)cc1F. The van der Waals surface area contributed by atoms with E-state index in [2.05, 4.69) is 4.74 Å². The van der Waals surface area contributed by atoms with Gasteiger partial charge in [0, 0.05) is 0 Å². The second-order valence-corrected chi connectivity index (χ2v) is 3.01. The van der Waals surface area contributed by atoms with Crippen molar-refractivity contribution in [1.82, 2.24) is 0 Å². The maximum absolute atomic E-state index is 13.0. The highest BCUT2D eigenvalue weighted by atomic mass is 19.4. The van der Waals surface area contributed by atoms with Crippen molar-refractivity contribution < 1.29 is 26.5 Å². The third-order valence-electron chi connectivity index (χ3n) is 1.73. The topological polar surface area (TPSA) is 9.23 Å². The molecule has 0 fully saturated rings. The molecule has 0 aliphatic heterocycles. The summed E-state index contributed by atoms with van der Waals surface area (Å²) >= 11 is 0. The molecule has 0 aromatic heterocycles. The summed E-state index contributed by atoms with van der Waals surface area (Å²) < 4.78 is 66.2. The van der Waals surface area contributed by atoms with E-state index in [4.69, 9.17) is 0 Å². The van der Waals surface area contributed by atoms with Crippen molar-refractivity contribution in [3.63, 3.8) is 0 Å². The van der Waals surface area contributed by atoms with E-state index >= 15 is 0 Å². The van der Waals surface area contributed by atoms with Gasteiger partial charge in [0.05, 0.1) is 7.11 Å². The van der Waals surface area contributed by atoms with Crippen LogP contribution in [-0.4, -0.2) is 14.1 Å². The monoisotopic (exact) mass is 225 g/mol. The molecule has 84 valence electrons. The average molecular weight is 225 g/mol. The van der Waals surface area contributed by atoms with Gasteiger partial charge in [0.1, 0.15) is 0 Å². The number of halogens is 5. The van der Waals surface area contributed by atoms with Gasteiger partial charge >= 0.3 is 6.98 Å². The highest BCUT2D eigenvalue weighted by molar-refractivity contribution is 6.57. The smallest absolute Gasteiger partial charge is 0.482 e. The second-order valence-electron chi connectivity index (χ2n) is 3.01. The summed E-state index contributed by atoms with van der Waals surface area (Å²) in [5, 5.41) is 0. The van der Waals surface area contributed by atoms with E-state index in [0.29, 0.717) is 12.1 Å². The van der Waals surface area contributed by atoms with Crippen LogP contribution in [0.1, 0.15) is 5.56 Å². The summed E-state index contributed by atoms with van der Waals surface area (Å²) in [6.07, 6.45) is -1.31. The minimum absolute atomic E-state index is 0.446. The lowest BCUT2D eigenvalue weighted by Crippen LogP contribution is -2.19. The van der Waals surface area contributed by atoms with Gasteiger partial charge in [-0.1, -0.05) is 11.9 Å². The molecule has 0 saturated heterocycles. The number of ether oxygens (including phenoxy) is 1. The summed E-state index contributed by atoms with van der Waals surface area (Å²) in [7, 11) is 1.04. The molecular weight excluding hydrogens is 218 g/mol. The van der Waals surface area contributed by atoms with E-state index in [0.717, 1.165) is 7.11 Å². The van der Waals surface area contributed by atoms with Crippen molar-refractivity contribution in [2.45, 2.75) is 6.32 Å². The Hall–Kier alpha value is -1.27. The fraction of sp³-hybridized carbons (Fsp3) is 0.250. The summed E-state index contributed by atoms with van der Waals surface area (Å²) in [5.74, 6) is -2.94. The highest BCUT2D eigenvalue weighted by Crippen LogP contribution is 2.25. The molecule has 0 aliphatic carbocycles. The van der Waals surface area contributed by atoms with Crippen molar-refractivity contribution in [3.8, 4) is 5.75 Å². The van der Waals surface area contributed by atoms with Gasteiger partial charge in [-0.25, -0.2) is 8.78 Å². The summed E-state index contributed by atoms with van der Waals surface area (Å²) in [4.78, 5) is 0. The van der Waals surface area contributed by atoms with Gasteiger partial charge in [-0.05, 0) is 12.1 Å². The molecular formula is C8H7BF5O-. The van der Waals surface area contributed by atoms with Crippen LogP contribution in [0.15, 0.2) is 12.1 Å². The minimum atomic E-state index is -5.10. The third kappa shape index (κ3) is 3.11. The maximum atomic E-state index is 13.0. The number of hydrogen-bond acceptors (Lipinski definition) is 1. The first-order valence-electron chi connectivity index (χ1n) is 4.06. The molecule has 0 atom stereocenters. The zero-order valence-corrected chi connectivity index (χ0v) is 7.74. The van der Waals surface area contributed by atoms with Crippen LogP contribution in [-0.2, 0) is 6.32 Å². The molecule has 15 heavy (non-hydrogen) atoms. The molecule has 1 aromatic rings. The molecule has 0 bridgehead atoms. The average Bonchev–Trinajstić information content (AvgIpc) is 1.99. The van der Waals surface area contributed by atoms with Crippen molar-refractivity contribution in [2.24, 2.45) is 0 Å². The third-order valence-corrected chi connectivity index (χ3v) is 1.73. The van der Waals surface area contributed by atoms with Gasteiger partial charge in [-0.2, -0.15) is 0 Å². The van der Waals surface area contributed by atoms with E-state index in [1.807, 2.05) is 0 Å². The summed E-state index contributed by atoms with van der Waals surface area (Å²) in [5.41, 5.74) is -0.446. The van der Waals surface area contributed by atoms with Gasteiger partial charge in [0.25, 0.3) is 0 Å². The zero-order valence-electron chi connectivity index (χ0n) is 7.74. The highest BCUT2D eigenvalue weighted by Gasteiger charge is 2.24. The molecule has 0 saturated carbocycles. The van der Waals surface area contributed by atoms with Gasteiger partial charge < -0.3 is 17.7 Å². The molecule has 0 N–H and O–H groups in total. The maximum Gasteiger partial charge on any atom is 0.482 e. The van der Waals surface area contributed by atoms with Crippen LogP contribution in [0.25, 0.3) is 0 Å². The van der Waals surface area contributed by atoms with Gasteiger partial charge in [-0.3, -0.25) is 0 Å². The number of benzene rings is 1. The first kappa shape index (κ1) is 11.8. The molecule has 0 heterocycles.